The van der Waals surface area contributed by atoms with Crippen LogP contribution in [0.1, 0.15) is 38.7 Å². The molecule has 3 heteroatoms. The summed E-state index contributed by atoms with van der Waals surface area (Å²) in [4.78, 5) is 12.2. The van der Waals surface area contributed by atoms with Gasteiger partial charge in [0.1, 0.15) is 0 Å². The van der Waals surface area contributed by atoms with Gasteiger partial charge in [-0.25, -0.2) is 0 Å². The van der Waals surface area contributed by atoms with Crippen LogP contribution in [0.3, 0.4) is 0 Å². The Bertz CT molecular complexity index is 490. The molecule has 1 aromatic carbocycles. The third-order valence-electron chi connectivity index (χ3n) is 3.97. The van der Waals surface area contributed by atoms with Crippen LogP contribution < -0.4 is 5.32 Å². The first-order valence-corrected chi connectivity index (χ1v) is 7.97. The van der Waals surface area contributed by atoms with Gasteiger partial charge in [-0.1, -0.05) is 54.1 Å². The molecule has 2 rings (SSSR count). The van der Waals surface area contributed by atoms with Gasteiger partial charge in [0.25, 0.3) is 0 Å². The molecule has 2 nitrogen and oxygen atoms in total. The summed E-state index contributed by atoms with van der Waals surface area (Å²) in [5, 5.41) is 3.12. The SMILES string of the molecule is CC(C)(CNC(=O)[C@@H]1CC=CCC1)c1ccc(Br)cc1. The molecule has 1 aromatic rings. The standard InChI is InChI=1S/C17H22BrNO/c1-17(2,14-8-10-15(18)11-9-14)12-19-16(20)13-6-4-3-5-7-13/h3-4,8-11,13H,5-7,12H2,1-2H3,(H,19,20)/t13-/m1/s1. The number of rotatable bonds is 4. The summed E-state index contributed by atoms with van der Waals surface area (Å²) in [6.45, 7) is 5.00. The maximum absolute atomic E-state index is 12.2. The molecule has 108 valence electrons. The van der Waals surface area contributed by atoms with Crippen molar-refractivity contribution in [3.63, 3.8) is 0 Å². The molecule has 0 aliphatic heterocycles. The van der Waals surface area contributed by atoms with Crippen molar-refractivity contribution >= 4 is 21.8 Å². The monoisotopic (exact) mass is 335 g/mol. The van der Waals surface area contributed by atoms with Crippen molar-refractivity contribution in [1.29, 1.82) is 0 Å². The third kappa shape index (κ3) is 3.95. The molecule has 0 bridgehead atoms. The molecule has 0 heterocycles. The molecule has 1 atom stereocenters. The van der Waals surface area contributed by atoms with Gasteiger partial charge < -0.3 is 5.32 Å². The Morgan fingerprint density at radius 1 is 1.30 bits per heavy atom. The van der Waals surface area contributed by atoms with Crippen molar-refractivity contribution in [2.24, 2.45) is 5.92 Å². The van der Waals surface area contributed by atoms with Crippen LogP contribution in [0, 0.1) is 5.92 Å². The zero-order valence-corrected chi connectivity index (χ0v) is 13.7. The lowest BCUT2D eigenvalue weighted by Crippen LogP contribution is -2.39. The van der Waals surface area contributed by atoms with E-state index in [4.69, 9.17) is 0 Å². The molecular formula is C17H22BrNO. The van der Waals surface area contributed by atoms with Crippen LogP contribution in [0.25, 0.3) is 0 Å². The molecule has 1 amide bonds. The minimum Gasteiger partial charge on any atom is -0.355 e. The number of hydrogen-bond acceptors (Lipinski definition) is 1. The van der Waals surface area contributed by atoms with E-state index < -0.39 is 0 Å². The Hall–Kier alpha value is -1.09. The largest absolute Gasteiger partial charge is 0.355 e. The van der Waals surface area contributed by atoms with Crippen LogP contribution in [-0.4, -0.2) is 12.5 Å². The second-order valence-corrected chi connectivity index (χ2v) is 7.01. The van der Waals surface area contributed by atoms with Gasteiger partial charge in [0, 0.05) is 22.4 Å². The topological polar surface area (TPSA) is 29.1 Å². The highest BCUT2D eigenvalue weighted by molar-refractivity contribution is 9.10. The molecule has 0 fully saturated rings. The van der Waals surface area contributed by atoms with Crippen molar-refractivity contribution in [1.82, 2.24) is 5.32 Å². The minimum atomic E-state index is -0.0547. The smallest absolute Gasteiger partial charge is 0.223 e. The Balaban J connectivity index is 1.93. The van der Waals surface area contributed by atoms with Crippen molar-refractivity contribution in [2.45, 2.75) is 38.5 Å². The van der Waals surface area contributed by atoms with Gasteiger partial charge in [-0.2, -0.15) is 0 Å². The van der Waals surface area contributed by atoms with Crippen LogP contribution in [0.5, 0.6) is 0 Å². The fourth-order valence-corrected chi connectivity index (χ4v) is 2.75. The Morgan fingerprint density at radius 3 is 2.60 bits per heavy atom. The van der Waals surface area contributed by atoms with E-state index in [1.165, 1.54) is 5.56 Å². The number of carbonyl (C=O) groups is 1. The summed E-state index contributed by atoms with van der Waals surface area (Å²) in [7, 11) is 0. The third-order valence-corrected chi connectivity index (χ3v) is 4.50. The first-order valence-electron chi connectivity index (χ1n) is 7.18. The van der Waals surface area contributed by atoms with Gasteiger partial charge in [0.2, 0.25) is 5.91 Å². The first-order chi connectivity index (χ1) is 9.49. The summed E-state index contributed by atoms with van der Waals surface area (Å²) >= 11 is 3.45. The zero-order valence-electron chi connectivity index (χ0n) is 12.2. The van der Waals surface area contributed by atoms with Gasteiger partial charge in [-0.05, 0) is 37.0 Å². The molecule has 0 spiro atoms. The lowest BCUT2D eigenvalue weighted by atomic mass is 9.84. The van der Waals surface area contributed by atoms with Crippen molar-refractivity contribution in [2.75, 3.05) is 6.54 Å². The highest BCUT2D eigenvalue weighted by Gasteiger charge is 2.24. The van der Waals surface area contributed by atoms with Crippen molar-refractivity contribution in [3.05, 3.63) is 46.5 Å². The average Bonchev–Trinajstić information content (AvgIpc) is 2.46. The second-order valence-electron chi connectivity index (χ2n) is 6.09. The zero-order chi connectivity index (χ0) is 14.6. The van der Waals surface area contributed by atoms with Gasteiger partial charge in [-0.15, -0.1) is 0 Å². The number of nitrogens with one attached hydrogen (secondary N) is 1. The van der Waals surface area contributed by atoms with E-state index in [9.17, 15) is 4.79 Å². The number of amides is 1. The van der Waals surface area contributed by atoms with Crippen LogP contribution in [0.2, 0.25) is 0 Å². The maximum Gasteiger partial charge on any atom is 0.223 e. The summed E-state index contributed by atoms with van der Waals surface area (Å²) in [6, 6.07) is 8.31. The van der Waals surface area contributed by atoms with E-state index >= 15 is 0 Å². The quantitative estimate of drug-likeness (QED) is 0.821. The van der Waals surface area contributed by atoms with E-state index in [0.29, 0.717) is 6.54 Å². The molecule has 0 unspecified atom stereocenters. The van der Waals surface area contributed by atoms with Gasteiger partial charge in [0.15, 0.2) is 0 Å². The lowest BCUT2D eigenvalue weighted by molar-refractivity contribution is -0.125. The highest BCUT2D eigenvalue weighted by atomic mass is 79.9. The van der Waals surface area contributed by atoms with E-state index in [-0.39, 0.29) is 17.2 Å². The molecule has 20 heavy (non-hydrogen) atoms. The molecule has 0 saturated heterocycles. The predicted molar refractivity (Wildman–Crippen MR) is 86.7 cm³/mol. The number of hydrogen-bond donors (Lipinski definition) is 1. The molecule has 1 aliphatic rings. The normalized spacial score (nSPS) is 18.9. The molecule has 1 N–H and O–H groups in total. The molecule has 1 aliphatic carbocycles. The van der Waals surface area contributed by atoms with Crippen LogP contribution >= 0.6 is 15.9 Å². The second kappa shape index (κ2) is 6.57. The first kappa shape index (κ1) is 15.3. The summed E-state index contributed by atoms with van der Waals surface area (Å²) < 4.78 is 1.08. The number of benzene rings is 1. The summed E-state index contributed by atoms with van der Waals surface area (Å²) in [6.07, 6.45) is 7.16. The van der Waals surface area contributed by atoms with Crippen molar-refractivity contribution in [3.8, 4) is 0 Å². The number of carbonyl (C=O) groups excluding carboxylic acids is 1. The predicted octanol–water partition coefficient (Wildman–Crippen LogP) is 4.20. The van der Waals surface area contributed by atoms with Crippen LogP contribution in [0.15, 0.2) is 40.9 Å². The molecule has 0 saturated carbocycles. The maximum atomic E-state index is 12.2. The summed E-state index contributed by atoms with van der Waals surface area (Å²) in [5.41, 5.74) is 1.19. The Morgan fingerprint density at radius 2 is 2.00 bits per heavy atom. The minimum absolute atomic E-state index is 0.0547. The molecule has 0 aromatic heterocycles. The van der Waals surface area contributed by atoms with E-state index in [0.717, 1.165) is 23.7 Å². The number of allylic oxidation sites excluding steroid dienone is 2. The fraction of sp³-hybridized carbons (Fsp3) is 0.471. The Labute approximate surface area is 129 Å². The summed E-state index contributed by atoms with van der Waals surface area (Å²) in [5.74, 6) is 0.347. The molecule has 0 radical (unpaired) electrons. The fourth-order valence-electron chi connectivity index (χ4n) is 2.49. The van der Waals surface area contributed by atoms with E-state index in [1.807, 2.05) is 12.1 Å². The van der Waals surface area contributed by atoms with Crippen molar-refractivity contribution < 1.29 is 4.79 Å². The van der Waals surface area contributed by atoms with Crippen LogP contribution in [-0.2, 0) is 10.2 Å². The van der Waals surface area contributed by atoms with Gasteiger partial charge >= 0.3 is 0 Å². The van der Waals surface area contributed by atoms with Crippen LogP contribution in [0.4, 0.5) is 0 Å². The van der Waals surface area contributed by atoms with Gasteiger partial charge in [0.05, 0.1) is 0 Å². The van der Waals surface area contributed by atoms with E-state index in [2.05, 4.69) is 59.4 Å². The molecular weight excluding hydrogens is 314 g/mol. The number of halogens is 1. The van der Waals surface area contributed by atoms with E-state index in [1.54, 1.807) is 0 Å². The highest BCUT2D eigenvalue weighted by Crippen LogP contribution is 2.25. The lowest BCUT2D eigenvalue weighted by Gasteiger charge is -2.27. The average molecular weight is 336 g/mol. The Kier molecular flexibility index (Phi) is 5.03. The van der Waals surface area contributed by atoms with Gasteiger partial charge in [-0.3, -0.25) is 4.79 Å².